The van der Waals surface area contributed by atoms with Crippen LogP contribution in [0, 0.1) is 35.5 Å². The van der Waals surface area contributed by atoms with Crippen molar-refractivity contribution in [1.82, 2.24) is 5.32 Å². The van der Waals surface area contributed by atoms with Gasteiger partial charge in [-0.1, -0.05) is 98.3 Å². The second-order valence-corrected chi connectivity index (χ2v) is 19.2. The van der Waals surface area contributed by atoms with Crippen LogP contribution in [0.15, 0.2) is 131 Å². The highest BCUT2D eigenvalue weighted by molar-refractivity contribution is 6.24. The number of esters is 2. The molecule has 63 heavy (non-hydrogen) atoms. The maximum Gasteiger partial charge on any atom is 0.321 e. The van der Waals surface area contributed by atoms with E-state index in [2.05, 4.69) is 73.4 Å². The summed E-state index contributed by atoms with van der Waals surface area (Å²) >= 11 is 0. The first-order valence-electron chi connectivity index (χ1n) is 23.6. The van der Waals surface area contributed by atoms with Gasteiger partial charge < -0.3 is 19.9 Å². The number of carbonyl (C=O) groups is 2. The van der Waals surface area contributed by atoms with Crippen molar-refractivity contribution in [2.75, 3.05) is 13.7 Å². The normalized spacial score (nSPS) is 22.9. The topological polar surface area (TPSA) is 122 Å². The Balaban J connectivity index is 1.22. The van der Waals surface area contributed by atoms with Crippen molar-refractivity contribution in [3.63, 3.8) is 0 Å². The van der Waals surface area contributed by atoms with Crippen LogP contribution in [0.25, 0.3) is 0 Å². The highest BCUT2D eigenvalue weighted by Crippen LogP contribution is 2.49. The average molecular weight is 857 g/mol. The molecule has 9 nitrogen and oxygen atoms in total. The van der Waals surface area contributed by atoms with Crippen LogP contribution in [-0.4, -0.2) is 47.9 Å². The largest absolute Gasteiger partial charge is 0.510 e. The number of aliphatic hydroxyl groups is 1. The van der Waals surface area contributed by atoms with E-state index in [0.717, 1.165) is 99.1 Å². The summed E-state index contributed by atoms with van der Waals surface area (Å²) in [6, 6.07) is 0. The molecule has 0 aromatic carbocycles. The van der Waals surface area contributed by atoms with Crippen LogP contribution in [0.4, 0.5) is 0 Å². The van der Waals surface area contributed by atoms with Gasteiger partial charge in [-0.15, -0.1) is 0 Å². The molecule has 0 radical (unpaired) electrons. The maximum absolute atomic E-state index is 13.6. The molecule has 0 spiro atoms. The third-order valence-electron chi connectivity index (χ3n) is 14.1. The zero-order chi connectivity index (χ0) is 45.7. The Bertz CT molecular complexity index is 2280. The van der Waals surface area contributed by atoms with Gasteiger partial charge in [0.25, 0.3) is 0 Å². The van der Waals surface area contributed by atoms with Gasteiger partial charge in [0.2, 0.25) is 0 Å². The number of carbonyl (C=O) groups excluding carboxylic acids is 2. The molecular weight excluding hydrogens is 785 g/mol. The molecule has 0 aromatic heterocycles. The molecule has 5 aliphatic heterocycles. The quantitative estimate of drug-likeness (QED) is 0.0985. The van der Waals surface area contributed by atoms with Gasteiger partial charge in [0.1, 0.15) is 18.3 Å². The summed E-state index contributed by atoms with van der Waals surface area (Å²) in [6.07, 6.45) is 21.3. The van der Waals surface area contributed by atoms with Gasteiger partial charge in [-0.3, -0.25) is 9.59 Å². The van der Waals surface area contributed by atoms with Gasteiger partial charge in [-0.25, -0.2) is 15.0 Å². The predicted molar refractivity (Wildman–Crippen MR) is 257 cm³/mol. The van der Waals surface area contributed by atoms with Crippen LogP contribution in [0.1, 0.15) is 140 Å². The van der Waals surface area contributed by atoms with Crippen molar-refractivity contribution in [1.29, 1.82) is 0 Å². The number of fused-ring (bicyclic) bond motifs is 5. The monoisotopic (exact) mass is 857 g/mol. The van der Waals surface area contributed by atoms with E-state index >= 15 is 0 Å². The Morgan fingerprint density at radius 2 is 1.57 bits per heavy atom. The first-order valence-corrected chi connectivity index (χ1v) is 23.6. The summed E-state index contributed by atoms with van der Waals surface area (Å²) in [4.78, 5) is 42.4. The third-order valence-corrected chi connectivity index (χ3v) is 14.1. The number of methoxy groups -OCH3 is 1. The van der Waals surface area contributed by atoms with Gasteiger partial charge in [0, 0.05) is 46.4 Å². The molecule has 1 aliphatic carbocycles. The Hall–Kier alpha value is -5.05. The fraction of sp³-hybridized carbons (Fsp3) is 0.537. The highest BCUT2D eigenvalue weighted by atomic mass is 16.5. The smallest absolute Gasteiger partial charge is 0.321 e. The molecule has 5 unspecified atom stereocenters. The summed E-state index contributed by atoms with van der Waals surface area (Å²) in [5, 5.41) is 15.6. The molecule has 0 amide bonds. The zero-order valence-corrected chi connectivity index (χ0v) is 40.0. The van der Waals surface area contributed by atoms with Crippen molar-refractivity contribution in [3.05, 3.63) is 116 Å². The average Bonchev–Trinajstić information content (AvgIpc) is 3.99. The number of ether oxygens (including phenoxy) is 2. The van der Waals surface area contributed by atoms with E-state index in [1.54, 1.807) is 0 Å². The molecule has 9 heteroatoms. The van der Waals surface area contributed by atoms with E-state index in [4.69, 9.17) is 24.5 Å². The SMILES string of the molecule is C=CC1=C(C)C2=NC1=CC1=NC(=CC3=C(C)C4=C(O)C(C(=O)OC)C(=C5NC(=C2)C(C)C5CCC(=O)OCC=C(C)CCCC(C)CCCC(C)CCC(C)C)C4=N3)C(CC)=C1C. The molecule has 8 bridgehead atoms. The van der Waals surface area contributed by atoms with Crippen molar-refractivity contribution in [2.45, 2.75) is 140 Å². The minimum atomic E-state index is -1.08. The summed E-state index contributed by atoms with van der Waals surface area (Å²) in [5.74, 6) is -0.0394. The summed E-state index contributed by atoms with van der Waals surface area (Å²) in [6.45, 7) is 26.2. The lowest BCUT2D eigenvalue weighted by Crippen LogP contribution is -2.25. The van der Waals surface area contributed by atoms with Crippen LogP contribution < -0.4 is 5.32 Å². The van der Waals surface area contributed by atoms with E-state index in [-0.39, 0.29) is 36.6 Å². The van der Waals surface area contributed by atoms with E-state index in [1.807, 2.05) is 38.2 Å². The molecule has 2 N–H and O–H groups in total. The molecule has 1 fully saturated rings. The zero-order valence-electron chi connectivity index (χ0n) is 40.0. The van der Waals surface area contributed by atoms with Crippen molar-refractivity contribution >= 4 is 29.1 Å². The fourth-order valence-electron chi connectivity index (χ4n) is 9.95. The Labute approximate surface area is 377 Å². The summed E-state index contributed by atoms with van der Waals surface area (Å²) in [7, 11) is 1.33. The number of hydrogen-bond acceptors (Lipinski definition) is 9. The van der Waals surface area contributed by atoms with Crippen LogP contribution in [0.3, 0.4) is 0 Å². The summed E-state index contributed by atoms with van der Waals surface area (Å²) in [5.41, 5.74) is 13.3. The minimum absolute atomic E-state index is 0.0841. The molecule has 6 rings (SSSR count). The maximum atomic E-state index is 13.6. The second kappa shape index (κ2) is 20.6. The molecule has 0 saturated carbocycles. The number of rotatable bonds is 19. The summed E-state index contributed by atoms with van der Waals surface area (Å²) < 4.78 is 11.1. The van der Waals surface area contributed by atoms with E-state index < -0.39 is 11.9 Å². The number of hydrogen-bond donors (Lipinski definition) is 2. The molecule has 5 heterocycles. The number of aliphatic imine (C=N–C) groups is 3. The Morgan fingerprint density at radius 1 is 0.889 bits per heavy atom. The molecule has 6 aliphatic rings. The Morgan fingerprint density at radius 3 is 2.25 bits per heavy atom. The third kappa shape index (κ3) is 10.3. The van der Waals surface area contributed by atoms with E-state index in [9.17, 15) is 14.7 Å². The Kier molecular flexibility index (Phi) is 15.5. The lowest BCUT2D eigenvalue weighted by molar-refractivity contribution is -0.144. The standard InChI is InChI=1S/C54H72N4O5/c1-13-38-34(8)41-27-43-36(10)40(23-24-47(59)63-26-25-33(7)20-16-18-31(5)17-15-19-32(6)22-21-30(3)4)51(57-43)49-50(54(61)62-12)53(60)48-37(11)44(58-52(48)49)29-46-39(14-2)35(9)42(56-46)28-45(38)55-41/h13,25,27-32,36,40,50,57,60H,1,14-24,26H2,2-12H3. The van der Waals surface area contributed by atoms with Crippen LogP contribution in [0.2, 0.25) is 0 Å². The van der Waals surface area contributed by atoms with Crippen LogP contribution in [-0.2, 0) is 19.1 Å². The number of allylic oxidation sites excluding steroid dienone is 12. The first-order chi connectivity index (χ1) is 30.1. The highest BCUT2D eigenvalue weighted by Gasteiger charge is 2.49. The second-order valence-electron chi connectivity index (χ2n) is 19.2. The minimum Gasteiger partial charge on any atom is -0.510 e. The van der Waals surface area contributed by atoms with E-state index in [1.165, 1.54) is 51.2 Å². The lowest BCUT2D eigenvalue weighted by Gasteiger charge is -2.20. The lowest BCUT2D eigenvalue weighted by atomic mass is 9.84. The van der Waals surface area contributed by atoms with Gasteiger partial charge in [-0.05, 0) is 118 Å². The van der Waals surface area contributed by atoms with Gasteiger partial charge >= 0.3 is 11.9 Å². The number of nitrogens with zero attached hydrogens (tertiary/aromatic N) is 3. The molecular formula is C54H72N4O5. The molecule has 5 atom stereocenters. The van der Waals surface area contributed by atoms with Crippen molar-refractivity contribution < 1.29 is 24.2 Å². The fourth-order valence-corrected chi connectivity index (χ4v) is 9.95. The van der Waals surface area contributed by atoms with E-state index in [0.29, 0.717) is 29.0 Å². The molecule has 0 aromatic rings. The van der Waals surface area contributed by atoms with Crippen LogP contribution in [0.5, 0.6) is 0 Å². The number of nitrogens with one attached hydrogen (secondary N) is 1. The van der Waals surface area contributed by atoms with Crippen molar-refractivity contribution in [3.8, 4) is 0 Å². The van der Waals surface area contributed by atoms with Crippen LogP contribution >= 0.6 is 0 Å². The molecule has 1 saturated heterocycles. The number of aliphatic hydroxyl groups excluding tert-OH is 1. The van der Waals surface area contributed by atoms with Gasteiger partial charge in [0.15, 0.2) is 0 Å². The predicted octanol–water partition coefficient (Wildman–Crippen LogP) is 12.6. The van der Waals surface area contributed by atoms with Gasteiger partial charge in [-0.2, -0.15) is 0 Å². The van der Waals surface area contributed by atoms with Crippen molar-refractivity contribution in [2.24, 2.45) is 50.5 Å². The molecule has 338 valence electrons. The van der Waals surface area contributed by atoms with Gasteiger partial charge in [0.05, 0.1) is 41.3 Å². The first kappa shape index (κ1) is 47.4.